The van der Waals surface area contributed by atoms with E-state index < -0.39 is 5.97 Å². The average molecular weight is 329 g/mol. The van der Waals surface area contributed by atoms with Gasteiger partial charge in [-0.05, 0) is 27.9 Å². The smallest absolute Gasteiger partial charge is 0.333 e. The van der Waals surface area contributed by atoms with Gasteiger partial charge in [-0.1, -0.05) is 19.7 Å². The molecule has 0 aliphatic rings. The third-order valence-corrected chi connectivity index (χ3v) is 1.83. The summed E-state index contributed by atoms with van der Waals surface area (Å²) in [5.41, 5.74) is 0.881. The Labute approximate surface area is 137 Å². The molecule has 0 aromatic carbocycles. The van der Waals surface area contributed by atoms with Gasteiger partial charge in [-0.3, -0.25) is 0 Å². The molecule has 0 spiro atoms. The zero-order valence-electron chi connectivity index (χ0n) is 14.5. The van der Waals surface area contributed by atoms with E-state index in [1.54, 1.807) is 13.8 Å². The van der Waals surface area contributed by atoms with E-state index in [1.165, 1.54) is 7.11 Å². The monoisotopic (exact) mass is 329 g/mol. The van der Waals surface area contributed by atoms with Crippen LogP contribution in [0.3, 0.4) is 0 Å². The van der Waals surface area contributed by atoms with Gasteiger partial charge in [-0.25, -0.2) is 14.4 Å². The van der Waals surface area contributed by atoms with Crippen LogP contribution in [0, 0.1) is 0 Å². The average Bonchev–Trinajstić information content (AvgIpc) is 2.46. The lowest BCUT2D eigenvalue weighted by Crippen LogP contribution is -2.20. The predicted octanol–water partition coefficient (Wildman–Crippen LogP) is 1.66. The van der Waals surface area contributed by atoms with Crippen molar-refractivity contribution in [2.75, 3.05) is 34.4 Å². The molecule has 7 nitrogen and oxygen atoms in total. The number of carbonyl (C=O) groups excluding carboxylic acids is 2. The first-order valence-corrected chi connectivity index (χ1v) is 6.56. The minimum Gasteiger partial charge on any atom is -0.478 e. The maximum atomic E-state index is 10.8. The van der Waals surface area contributed by atoms with E-state index in [1.807, 2.05) is 19.0 Å². The Bertz CT molecular complexity index is 426. The number of nitrogens with zero attached hydrogens (tertiary/aromatic N) is 1. The van der Waals surface area contributed by atoms with Crippen molar-refractivity contribution in [2.24, 2.45) is 0 Å². The molecule has 23 heavy (non-hydrogen) atoms. The first kappa shape index (κ1) is 25.5. The number of carbonyl (C=O) groups is 3. The van der Waals surface area contributed by atoms with Crippen molar-refractivity contribution in [3.63, 3.8) is 0 Å². The number of methoxy groups -OCH3 is 1. The Kier molecular flexibility index (Phi) is 17.7. The first-order valence-electron chi connectivity index (χ1n) is 6.56. The largest absolute Gasteiger partial charge is 0.478 e. The van der Waals surface area contributed by atoms with E-state index in [0.717, 1.165) is 12.6 Å². The molecule has 0 bridgehead atoms. The van der Waals surface area contributed by atoms with Crippen molar-refractivity contribution >= 4 is 17.9 Å². The lowest BCUT2D eigenvalue weighted by atomic mass is 10.4. The van der Waals surface area contributed by atoms with E-state index in [4.69, 9.17) is 9.84 Å². The van der Waals surface area contributed by atoms with Gasteiger partial charge in [0.05, 0.1) is 7.11 Å². The minimum absolute atomic E-state index is 0.313. The summed E-state index contributed by atoms with van der Waals surface area (Å²) >= 11 is 0. The lowest BCUT2D eigenvalue weighted by molar-refractivity contribution is -0.139. The molecule has 0 atom stereocenters. The molecule has 0 amide bonds. The fourth-order valence-electron chi connectivity index (χ4n) is 0.618. The van der Waals surface area contributed by atoms with Gasteiger partial charge in [-0.2, -0.15) is 0 Å². The van der Waals surface area contributed by atoms with E-state index in [2.05, 4.69) is 24.5 Å². The third-order valence-electron chi connectivity index (χ3n) is 1.83. The van der Waals surface area contributed by atoms with Gasteiger partial charge in [0, 0.05) is 23.8 Å². The fourth-order valence-corrected chi connectivity index (χ4v) is 0.618. The lowest BCUT2D eigenvalue weighted by Gasteiger charge is -2.09. The Morgan fingerprint density at radius 3 is 1.65 bits per heavy atom. The summed E-state index contributed by atoms with van der Waals surface area (Å²) in [5.74, 6) is -1.64. The summed E-state index contributed by atoms with van der Waals surface area (Å²) in [6.45, 7) is 14.2. The number of aliphatic carboxylic acids is 1. The molecule has 0 aromatic rings. The fraction of sp³-hybridized carbons (Fsp3) is 0.438. The van der Waals surface area contributed by atoms with Gasteiger partial charge in [0.1, 0.15) is 6.61 Å². The van der Waals surface area contributed by atoms with Crippen LogP contribution in [0.25, 0.3) is 0 Å². The second-order valence-corrected chi connectivity index (χ2v) is 4.53. The van der Waals surface area contributed by atoms with E-state index >= 15 is 0 Å². The number of carboxylic acids is 1. The second-order valence-electron chi connectivity index (χ2n) is 4.53. The number of hydrogen-bond acceptors (Lipinski definition) is 6. The predicted molar refractivity (Wildman–Crippen MR) is 89.0 cm³/mol. The Morgan fingerprint density at radius 2 is 1.48 bits per heavy atom. The normalized spacial score (nSPS) is 8.43. The van der Waals surface area contributed by atoms with Crippen LogP contribution in [-0.2, 0) is 23.9 Å². The molecule has 0 radical (unpaired) electrons. The van der Waals surface area contributed by atoms with E-state index in [0.29, 0.717) is 17.8 Å². The number of carboxylic acid groups (broad SMARTS) is 1. The Hall–Kier alpha value is -2.41. The van der Waals surface area contributed by atoms with E-state index in [-0.39, 0.29) is 11.9 Å². The molecule has 0 saturated heterocycles. The summed E-state index contributed by atoms with van der Waals surface area (Å²) in [4.78, 5) is 32.2. The summed E-state index contributed by atoms with van der Waals surface area (Å²) in [6.07, 6.45) is 0.833. The third kappa shape index (κ3) is 24.9. The number of esters is 2. The summed E-state index contributed by atoms with van der Waals surface area (Å²) in [7, 11) is 5.18. The van der Waals surface area contributed by atoms with Crippen molar-refractivity contribution in [3.05, 3.63) is 37.0 Å². The van der Waals surface area contributed by atoms with Crippen molar-refractivity contribution in [2.45, 2.75) is 13.8 Å². The molecule has 7 heteroatoms. The second kappa shape index (κ2) is 16.0. The van der Waals surface area contributed by atoms with Gasteiger partial charge in [0.25, 0.3) is 0 Å². The van der Waals surface area contributed by atoms with Crippen molar-refractivity contribution < 1.29 is 29.0 Å². The van der Waals surface area contributed by atoms with Crippen molar-refractivity contribution in [3.8, 4) is 0 Å². The van der Waals surface area contributed by atoms with Gasteiger partial charge in [0.2, 0.25) is 0 Å². The van der Waals surface area contributed by atoms with Gasteiger partial charge in [-0.15, -0.1) is 0 Å². The molecule has 0 unspecified atom stereocenters. The van der Waals surface area contributed by atoms with E-state index in [9.17, 15) is 14.4 Å². The van der Waals surface area contributed by atoms with Crippen molar-refractivity contribution in [1.82, 2.24) is 4.90 Å². The topological polar surface area (TPSA) is 93.1 Å². The molecule has 0 aliphatic heterocycles. The highest BCUT2D eigenvalue weighted by Gasteiger charge is 2.01. The number of hydrogen-bond donors (Lipinski definition) is 1. The maximum Gasteiger partial charge on any atom is 0.333 e. The molecule has 132 valence electrons. The number of rotatable bonds is 6. The highest BCUT2D eigenvalue weighted by atomic mass is 16.5. The van der Waals surface area contributed by atoms with Gasteiger partial charge < -0.3 is 19.5 Å². The maximum absolute atomic E-state index is 10.8. The van der Waals surface area contributed by atoms with Gasteiger partial charge in [0.15, 0.2) is 0 Å². The van der Waals surface area contributed by atoms with Crippen LogP contribution in [0.5, 0.6) is 0 Å². The highest BCUT2D eigenvalue weighted by Crippen LogP contribution is 1.91. The molecule has 0 saturated carbocycles. The molecular formula is C16H27NO6. The Balaban J connectivity index is -0.000000286. The Morgan fingerprint density at radius 1 is 1.09 bits per heavy atom. The summed E-state index contributed by atoms with van der Waals surface area (Å²) in [5, 5.41) is 7.60. The first-order chi connectivity index (χ1) is 10.5. The van der Waals surface area contributed by atoms with Crippen molar-refractivity contribution in [1.29, 1.82) is 0 Å². The van der Waals surface area contributed by atoms with Gasteiger partial charge >= 0.3 is 17.9 Å². The molecule has 0 aliphatic carbocycles. The summed E-state index contributed by atoms with van der Waals surface area (Å²) < 4.78 is 9.11. The summed E-state index contributed by atoms with van der Waals surface area (Å²) in [6, 6.07) is 0. The quantitative estimate of drug-likeness (QED) is 0.585. The molecule has 1 N–H and O–H groups in total. The zero-order chi connectivity index (χ0) is 19.0. The van der Waals surface area contributed by atoms with Crippen LogP contribution in [0.1, 0.15) is 13.8 Å². The molecule has 0 heterocycles. The highest BCUT2D eigenvalue weighted by molar-refractivity contribution is 5.87. The molecular weight excluding hydrogens is 302 g/mol. The van der Waals surface area contributed by atoms with Crippen LogP contribution in [0.15, 0.2) is 37.0 Å². The molecule has 0 rings (SSSR count). The zero-order valence-corrected chi connectivity index (χ0v) is 14.5. The van der Waals surface area contributed by atoms with Crippen LogP contribution in [0.2, 0.25) is 0 Å². The number of likely N-dealkylation sites (N-methyl/N-ethyl adjacent to an activating group) is 1. The van der Waals surface area contributed by atoms with Crippen LogP contribution in [0.4, 0.5) is 0 Å². The molecule has 0 aromatic heterocycles. The standard InChI is InChI=1S/C8H15NO2.C5H8O2.C3H4O2/c1-7(2)8(10)11-6-5-9(3)4;1-4(2)5(6)7-3;1-2-3(4)5/h1,5-6H2,2-4H3;1H2,2-3H3;2H,1H2,(H,4,5). The van der Waals surface area contributed by atoms with Crippen LogP contribution in [-0.4, -0.2) is 62.3 Å². The van der Waals surface area contributed by atoms with Crippen LogP contribution < -0.4 is 0 Å². The number of ether oxygens (including phenoxy) is 2. The minimum atomic E-state index is -0.981. The molecule has 0 fully saturated rings. The van der Waals surface area contributed by atoms with Crippen LogP contribution >= 0.6 is 0 Å². The SMILES string of the molecule is C=C(C)C(=O)OC.C=C(C)C(=O)OCCN(C)C.C=CC(=O)O.